The Labute approximate surface area is 99.2 Å². The van der Waals surface area contributed by atoms with Crippen molar-refractivity contribution in [2.75, 3.05) is 17.3 Å². The molecule has 0 aliphatic rings. The summed E-state index contributed by atoms with van der Waals surface area (Å²) in [5.41, 5.74) is 6.09. The quantitative estimate of drug-likeness (QED) is 0.680. The van der Waals surface area contributed by atoms with Gasteiger partial charge >= 0.3 is 0 Å². The lowest BCUT2D eigenvalue weighted by atomic mass is 10.2. The van der Waals surface area contributed by atoms with Crippen molar-refractivity contribution in [3.63, 3.8) is 0 Å². The lowest BCUT2D eigenvalue weighted by Crippen LogP contribution is -2.36. The summed E-state index contributed by atoms with van der Waals surface area (Å²) < 4.78 is 0. The first-order chi connectivity index (χ1) is 7.65. The second kappa shape index (κ2) is 6.40. The fourth-order valence-corrected chi connectivity index (χ4v) is 1.67. The number of thioether (sulfide) groups is 1. The standard InChI is InChI=1S/C11H16N2O2S/c1-16-7-6-8(12)11(15)13-9-4-2-3-5-10(9)14/h2-5,8,14H,6-7,12H2,1H3,(H,13,15)/t8-/m0/s1. The normalized spacial score (nSPS) is 12.1. The van der Waals surface area contributed by atoms with Crippen LogP contribution in [-0.4, -0.2) is 29.1 Å². The van der Waals surface area contributed by atoms with Crippen molar-refractivity contribution >= 4 is 23.4 Å². The molecule has 0 heterocycles. The van der Waals surface area contributed by atoms with E-state index in [9.17, 15) is 9.90 Å². The maximum Gasteiger partial charge on any atom is 0.241 e. The molecule has 0 saturated heterocycles. The lowest BCUT2D eigenvalue weighted by Gasteiger charge is -2.12. The predicted molar refractivity (Wildman–Crippen MR) is 67.7 cm³/mol. The number of rotatable bonds is 5. The average molecular weight is 240 g/mol. The van der Waals surface area contributed by atoms with Crippen molar-refractivity contribution in [1.29, 1.82) is 0 Å². The Hall–Kier alpha value is -1.20. The van der Waals surface area contributed by atoms with Crippen LogP contribution in [0, 0.1) is 0 Å². The zero-order chi connectivity index (χ0) is 12.0. The van der Waals surface area contributed by atoms with Crippen LogP contribution in [0.4, 0.5) is 5.69 Å². The first-order valence-corrected chi connectivity index (χ1v) is 6.38. The monoisotopic (exact) mass is 240 g/mol. The Morgan fingerprint density at radius 3 is 2.88 bits per heavy atom. The fourth-order valence-electron chi connectivity index (χ4n) is 1.18. The van der Waals surface area contributed by atoms with E-state index in [4.69, 9.17) is 5.73 Å². The minimum absolute atomic E-state index is 0.0490. The minimum Gasteiger partial charge on any atom is -0.506 e. The summed E-state index contributed by atoms with van der Waals surface area (Å²) in [6.07, 6.45) is 2.59. The number of phenols is 1. The highest BCUT2D eigenvalue weighted by atomic mass is 32.2. The van der Waals surface area contributed by atoms with Gasteiger partial charge in [0, 0.05) is 0 Å². The molecule has 0 aromatic heterocycles. The van der Waals surface area contributed by atoms with Crippen molar-refractivity contribution in [2.45, 2.75) is 12.5 Å². The zero-order valence-corrected chi connectivity index (χ0v) is 9.96. The van der Waals surface area contributed by atoms with Crippen LogP contribution in [0.2, 0.25) is 0 Å². The minimum atomic E-state index is -0.535. The maximum atomic E-state index is 11.6. The number of carbonyl (C=O) groups excluding carboxylic acids is 1. The summed E-state index contributed by atoms with van der Waals surface area (Å²) in [6.45, 7) is 0. The smallest absolute Gasteiger partial charge is 0.241 e. The van der Waals surface area contributed by atoms with Gasteiger partial charge in [-0.2, -0.15) is 11.8 Å². The highest BCUT2D eigenvalue weighted by Gasteiger charge is 2.14. The SMILES string of the molecule is CSCC[C@H](N)C(=O)Nc1ccccc1O. The summed E-state index contributed by atoms with van der Waals surface area (Å²) in [7, 11) is 0. The van der Waals surface area contributed by atoms with E-state index in [-0.39, 0.29) is 11.7 Å². The van der Waals surface area contributed by atoms with E-state index in [0.29, 0.717) is 12.1 Å². The van der Waals surface area contributed by atoms with Gasteiger partial charge in [0.15, 0.2) is 0 Å². The topological polar surface area (TPSA) is 75.4 Å². The van der Waals surface area contributed by atoms with Crippen LogP contribution in [0.3, 0.4) is 0 Å². The molecule has 4 N–H and O–H groups in total. The number of carbonyl (C=O) groups is 1. The number of phenolic OH excluding ortho intramolecular Hbond substituents is 1. The maximum absolute atomic E-state index is 11.6. The van der Waals surface area contributed by atoms with Crippen molar-refractivity contribution in [3.05, 3.63) is 24.3 Å². The molecule has 0 aliphatic heterocycles. The second-order valence-electron chi connectivity index (χ2n) is 3.39. The third kappa shape index (κ3) is 3.75. The molecule has 0 aliphatic carbocycles. The van der Waals surface area contributed by atoms with Crippen molar-refractivity contribution in [2.24, 2.45) is 5.73 Å². The van der Waals surface area contributed by atoms with Crippen LogP contribution >= 0.6 is 11.8 Å². The molecule has 1 aromatic rings. The Morgan fingerprint density at radius 1 is 1.56 bits per heavy atom. The van der Waals surface area contributed by atoms with Gasteiger partial charge in [0.25, 0.3) is 0 Å². The van der Waals surface area contributed by atoms with E-state index in [1.165, 1.54) is 6.07 Å². The third-order valence-electron chi connectivity index (χ3n) is 2.13. The zero-order valence-electron chi connectivity index (χ0n) is 9.14. The number of nitrogens with two attached hydrogens (primary N) is 1. The molecule has 1 amide bonds. The van der Waals surface area contributed by atoms with Crippen molar-refractivity contribution in [1.82, 2.24) is 0 Å². The highest BCUT2D eigenvalue weighted by molar-refractivity contribution is 7.98. The molecule has 0 saturated carbocycles. The van der Waals surface area contributed by atoms with Gasteiger partial charge in [0.2, 0.25) is 5.91 Å². The molecule has 1 aromatic carbocycles. The molecule has 0 bridgehead atoms. The Kier molecular flexibility index (Phi) is 5.14. The van der Waals surface area contributed by atoms with Gasteiger partial charge in [-0.25, -0.2) is 0 Å². The number of para-hydroxylation sites is 2. The summed E-state index contributed by atoms with van der Waals surface area (Å²) >= 11 is 1.65. The number of anilines is 1. The summed E-state index contributed by atoms with van der Waals surface area (Å²) in [5, 5.41) is 12.1. The van der Waals surface area contributed by atoms with Gasteiger partial charge < -0.3 is 16.2 Å². The number of hydrogen-bond acceptors (Lipinski definition) is 4. The molecule has 0 radical (unpaired) electrons. The van der Waals surface area contributed by atoms with Crippen LogP contribution in [0.25, 0.3) is 0 Å². The van der Waals surface area contributed by atoms with E-state index in [2.05, 4.69) is 5.32 Å². The van der Waals surface area contributed by atoms with Crippen LogP contribution in [-0.2, 0) is 4.79 Å². The van der Waals surface area contributed by atoms with Crippen LogP contribution in [0.1, 0.15) is 6.42 Å². The molecular weight excluding hydrogens is 224 g/mol. The first-order valence-electron chi connectivity index (χ1n) is 4.98. The summed E-state index contributed by atoms with van der Waals surface area (Å²) in [4.78, 5) is 11.6. The molecule has 88 valence electrons. The Morgan fingerprint density at radius 2 is 2.25 bits per heavy atom. The van der Waals surface area contributed by atoms with Gasteiger partial charge in [-0.15, -0.1) is 0 Å². The number of nitrogens with one attached hydrogen (secondary N) is 1. The number of hydrogen-bond donors (Lipinski definition) is 3. The van der Waals surface area contributed by atoms with Crippen LogP contribution < -0.4 is 11.1 Å². The second-order valence-corrected chi connectivity index (χ2v) is 4.38. The molecule has 4 nitrogen and oxygen atoms in total. The number of aromatic hydroxyl groups is 1. The van der Waals surface area contributed by atoms with Crippen LogP contribution in [0.5, 0.6) is 5.75 Å². The molecule has 0 unspecified atom stereocenters. The van der Waals surface area contributed by atoms with Crippen molar-refractivity contribution < 1.29 is 9.90 Å². The molecule has 1 rings (SSSR count). The molecule has 5 heteroatoms. The lowest BCUT2D eigenvalue weighted by molar-refractivity contribution is -0.117. The van der Waals surface area contributed by atoms with E-state index >= 15 is 0 Å². The molecule has 16 heavy (non-hydrogen) atoms. The fraction of sp³-hybridized carbons (Fsp3) is 0.364. The Bertz CT molecular complexity index is 358. The molecule has 1 atom stereocenters. The summed E-state index contributed by atoms with van der Waals surface area (Å²) in [5.74, 6) is 0.624. The van der Waals surface area contributed by atoms with Gasteiger partial charge in [0.05, 0.1) is 11.7 Å². The van der Waals surface area contributed by atoms with E-state index in [0.717, 1.165) is 5.75 Å². The van der Waals surface area contributed by atoms with Gasteiger partial charge in [-0.3, -0.25) is 4.79 Å². The molecule has 0 fully saturated rings. The predicted octanol–water partition coefficient (Wildman–Crippen LogP) is 1.41. The van der Waals surface area contributed by atoms with Crippen LogP contribution in [0.15, 0.2) is 24.3 Å². The van der Waals surface area contributed by atoms with E-state index in [1.807, 2.05) is 6.26 Å². The van der Waals surface area contributed by atoms with Gasteiger partial charge in [-0.05, 0) is 30.6 Å². The third-order valence-corrected chi connectivity index (χ3v) is 2.78. The summed E-state index contributed by atoms with van der Waals surface area (Å²) in [6, 6.07) is 6.05. The molecule has 0 spiro atoms. The van der Waals surface area contributed by atoms with Crippen molar-refractivity contribution in [3.8, 4) is 5.75 Å². The highest BCUT2D eigenvalue weighted by Crippen LogP contribution is 2.21. The van der Waals surface area contributed by atoms with E-state index < -0.39 is 6.04 Å². The van der Waals surface area contributed by atoms with Gasteiger partial charge in [0.1, 0.15) is 5.75 Å². The van der Waals surface area contributed by atoms with Gasteiger partial charge in [-0.1, -0.05) is 12.1 Å². The largest absolute Gasteiger partial charge is 0.506 e. The molecular formula is C11H16N2O2S. The van der Waals surface area contributed by atoms with E-state index in [1.54, 1.807) is 30.0 Å². The first kappa shape index (κ1) is 12.9. The number of benzene rings is 1. The Balaban J connectivity index is 2.54. The average Bonchev–Trinajstić information content (AvgIpc) is 2.28. The number of amides is 1.